The topological polar surface area (TPSA) is 64.1 Å². The lowest BCUT2D eigenvalue weighted by atomic mass is 10.0. The number of carboxylic acids is 1. The van der Waals surface area contributed by atoms with Gasteiger partial charge in [-0.1, -0.05) is 0 Å². The SMILES string of the molecule is CC1CN(C(=O)N2CCCCC2C(=O)O)CC(C)N1C. The molecule has 1 N–H and O–H groups in total. The second kappa shape index (κ2) is 5.99. The highest BCUT2D eigenvalue weighted by molar-refractivity contribution is 5.83. The molecule has 0 bridgehead atoms. The van der Waals surface area contributed by atoms with Crippen LogP contribution in [0.5, 0.6) is 0 Å². The summed E-state index contributed by atoms with van der Waals surface area (Å²) in [5.74, 6) is -0.881. The van der Waals surface area contributed by atoms with Crippen LogP contribution in [0.15, 0.2) is 0 Å². The fourth-order valence-corrected chi connectivity index (χ4v) is 3.16. The molecular weight excluding hydrogens is 258 g/mol. The molecule has 0 aromatic rings. The van der Waals surface area contributed by atoms with Gasteiger partial charge in [-0.15, -0.1) is 0 Å². The maximum Gasteiger partial charge on any atom is 0.326 e. The average molecular weight is 283 g/mol. The van der Waals surface area contributed by atoms with Crippen LogP contribution >= 0.6 is 0 Å². The van der Waals surface area contributed by atoms with Gasteiger partial charge in [0.1, 0.15) is 6.04 Å². The Hall–Kier alpha value is -1.30. The van der Waals surface area contributed by atoms with Crippen molar-refractivity contribution in [1.82, 2.24) is 14.7 Å². The van der Waals surface area contributed by atoms with Crippen molar-refractivity contribution >= 4 is 12.0 Å². The van der Waals surface area contributed by atoms with Gasteiger partial charge in [-0.3, -0.25) is 4.90 Å². The molecule has 0 aromatic carbocycles. The van der Waals surface area contributed by atoms with E-state index in [0.717, 1.165) is 12.8 Å². The van der Waals surface area contributed by atoms with E-state index in [1.54, 1.807) is 4.90 Å². The first-order valence-corrected chi connectivity index (χ1v) is 7.42. The molecule has 0 aliphatic carbocycles. The molecule has 0 aromatic heterocycles. The van der Waals surface area contributed by atoms with Crippen molar-refractivity contribution in [1.29, 1.82) is 0 Å². The van der Waals surface area contributed by atoms with Gasteiger partial charge in [-0.2, -0.15) is 0 Å². The van der Waals surface area contributed by atoms with Crippen LogP contribution in [0.25, 0.3) is 0 Å². The molecular formula is C14H25N3O3. The summed E-state index contributed by atoms with van der Waals surface area (Å²) in [5, 5.41) is 9.28. The van der Waals surface area contributed by atoms with Crippen molar-refractivity contribution in [3.63, 3.8) is 0 Å². The number of likely N-dealkylation sites (tertiary alicyclic amines) is 1. The second-order valence-corrected chi connectivity index (χ2v) is 6.09. The fourth-order valence-electron chi connectivity index (χ4n) is 3.16. The number of rotatable bonds is 1. The normalized spacial score (nSPS) is 32.2. The number of piperazine rings is 1. The van der Waals surface area contributed by atoms with E-state index in [0.29, 0.717) is 38.1 Å². The molecule has 6 heteroatoms. The van der Waals surface area contributed by atoms with Crippen molar-refractivity contribution in [2.24, 2.45) is 0 Å². The van der Waals surface area contributed by atoms with Gasteiger partial charge in [0, 0.05) is 31.7 Å². The zero-order chi connectivity index (χ0) is 14.9. The third-order valence-corrected chi connectivity index (χ3v) is 4.66. The fraction of sp³-hybridized carbons (Fsp3) is 0.857. The van der Waals surface area contributed by atoms with Gasteiger partial charge in [0.05, 0.1) is 0 Å². The summed E-state index contributed by atoms with van der Waals surface area (Å²) in [6.45, 7) is 6.09. The molecule has 3 unspecified atom stereocenters. The van der Waals surface area contributed by atoms with Crippen molar-refractivity contribution in [2.75, 3.05) is 26.7 Å². The monoisotopic (exact) mass is 283 g/mol. The van der Waals surface area contributed by atoms with Gasteiger partial charge in [0.2, 0.25) is 0 Å². The van der Waals surface area contributed by atoms with Crippen LogP contribution in [-0.4, -0.2) is 76.6 Å². The Morgan fingerprint density at radius 1 is 1.10 bits per heavy atom. The molecule has 2 amide bonds. The molecule has 2 rings (SSSR count). The summed E-state index contributed by atoms with van der Waals surface area (Å²) < 4.78 is 0. The number of hydrogen-bond donors (Lipinski definition) is 1. The Morgan fingerprint density at radius 2 is 1.70 bits per heavy atom. The molecule has 6 nitrogen and oxygen atoms in total. The molecule has 0 radical (unpaired) electrons. The van der Waals surface area contributed by atoms with Crippen molar-refractivity contribution < 1.29 is 14.7 Å². The molecule has 3 atom stereocenters. The van der Waals surface area contributed by atoms with E-state index >= 15 is 0 Å². The second-order valence-electron chi connectivity index (χ2n) is 6.09. The number of hydrogen-bond acceptors (Lipinski definition) is 3. The van der Waals surface area contributed by atoms with E-state index in [1.807, 2.05) is 4.90 Å². The summed E-state index contributed by atoms with van der Waals surface area (Å²) in [6.07, 6.45) is 2.35. The number of carboxylic acid groups (broad SMARTS) is 1. The van der Waals surface area contributed by atoms with Crippen LogP contribution in [0, 0.1) is 0 Å². The van der Waals surface area contributed by atoms with Crippen LogP contribution in [0.2, 0.25) is 0 Å². The Morgan fingerprint density at radius 3 is 2.25 bits per heavy atom. The summed E-state index contributed by atoms with van der Waals surface area (Å²) in [7, 11) is 2.07. The minimum absolute atomic E-state index is 0.107. The van der Waals surface area contributed by atoms with E-state index < -0.39 is 12.0 Å². The summed E-state index contributed by atoms with van der Waals surface area (Å²) in [6, 6.07) is -0.156. The highest BCUT2D eigenvalue weighted by Crippen LogP contribution is 2.21. The predicted octanol–water partition coefficient (Wildman–Crippen LogP) is 1.07. The first-order valence-electron chi connectivity index (χ1n) is 7.42. The number of carbonyl (C=O) groups excluding carboxylic acids is 1. The van der Waals surface area contributed by atoms with Gasteiger partial charge < -0.3 is 14.9 Å². The van der Waals surface area contributed by atoms with Crippen molar-refractivity contribution in [2.45, 2.75) is 51.2 Å². The number of aliphatic carboxylic acids is 1. The average Bonchev–Trinajstić information content (AvgIpc) is 2.43. The van der Waals surface area contributed by atoms with Crippen LogP contribution in [0.4, 0.5) is 4.79 Å². The molecule has 2 saturated heterocycles. The van der Waals surface area contributed by atoms with Gasteiger partial charge in [0.25, 0.3) is 0 Å². The first kappa shape index (κ1) is 15.1. The lowest BCUT2D eigenvalue weighted by molar-refractivity contribution is -0.143. The molecule has 114 valence electrons. The Balaban J connectivity index is 2.07. The van der Waals surface area contributed by atoms with Crippen LogP contribution < -0.4 is 0 Å². The highest BCUT2D eigenvalue weighted by Gasteiger charge is 2.37. The number of nitrogens with zero attached hydrogens (tertiary/aromatic N) is 3. The molecule has 2 aliphatic heterocycles. The first-order chi connectivity index (χ1) is 9.41. The Bertz CT molecular complexity index is 376. The standard InChI is InChI=1S/C14H25N3O3/c1-10-8-16(9-11(2)15(10)3)14(20)17-7-5-4-6-12(17)13(18)19/h10-12H,4-9H2,1-3H3,(H,18,19). The molecule has 2 heterocycles. The molecule has 20 heavy (non-hydrogen) atoms. The number of carbonyl (C=O) groups is 2. The Kier molecular flexibility index (Phi) is 4.52. The van der Waals surface area contributed by atoms with Crippen molar-refractivity contribution in [3.8, 4) is 0 Å². The summed E-state index contributed by atoms with van der Waals surface area (Å²) >= 11 is 0. The van der Waals surface area contributed by atoms with Gasteiger partial charge in [-0.05, 0) is 40.2 Å². The minimum atomic E-state index is -0.881. The Labute approximate surface area is 120 Å². The number of piperidine rings is 1. The minimum Gasteiger partial charge on any atom is -0.480 e. The van der Waals surface area contributed by atoms with Gasteiger partial charge in [0.15, 0.2) is 0 Å². The number of urea groups is 1. The lowest BCUT2D eigenvalue weighted by Crippen LogP contribution is -2.61. The number of amides is 2. The maximum absolute atomic E-state index is 12.6. The van der Waals surface area contributed by atoms with Crippen LogP contribution in [0.3, 0.4) is 0 Å². The van der Waals surface area contributed by atoms with Crippen molar-refractivity contribution in [3.05, 3.63) is 0 Å². The maximum atomic E-state index is 12.6. The summed E-state index contributed by atoms with van der Waals surface area (Å²) in [5.41, 5.74) is 0. The smallest absolute Gasteiger partial charge is 0.326 e. The van der Waals surface area contributed by atoms with E-state index in [4.69, 9.17) is 0 Å². The zero-order valence-corrected chi connectivity index (χ0v) is 12.6. The molecule has 2 aliphatic rings. The highest BCUT2D eigenvalue weighted by atomic mass is 16.4. The largest absolute Gasteiger partial charge is 0.480 e. The molecule has 0 saturated carbocycles. The van der Waals surface area contributed by atoms with E-state index in [9.17, 15) is 14.7 Å². The van der Waals surface area contributed by atoms with E-state index in [1.165, 1.54) is 0 Å². The van der Waals surface area contributed by atoms with E-state index in [2.05, 4.69) is 25.8 Å². The van der Waals surface area contributed by atoms with Gasteiger partial charge >= 0.3 is 12.0 Å². The third-order valence-electron chi connectivity index (χ3n) is 4.66. The zero-order valence-electron chi connectivity index (χ0n) is 12.6. The predicted molar refractivity (Wildman–Crippen MR) is 75.6 cm³/mol. The van der Waals surface area contributed by atoms with Crippen LogP contribution in [0.1, 0.15) is 33.1 Å². The van der Waals surface area contributed by atoms with Gasteiger partial charge in [-0.25, -0.2) is 9.59 Å². The quantitative estimate of drug-likeness (QED) is 0.782. The lowest BCUT2D eigenvalue weighted by Gasteiger charge is -2.45. The van der Waals surface area contributed by atoms with Crippen LogP contribution in [-0.2, 0) is 4.79 Å². The molecule has 0 spiro atoms. The summed E-state index contributed by atoms with van der Waals surface area (Å²) in [4.78, 5) is 29.6. The third kappa shape index (κ3) is 2.90. The molecule has 2 fully saturated rings. The van der Waals surface area contributed by atoms with E-state index in [-0.39, 0.29) is 6.03 Å². The number of likely N-dealkylation sites (N-methyl/N-ethyl adjacent to an activating group) is 1.